The molecule has 3 aromatic rings. The van der Waals surface area contributed by atoms with Gasteiger partial charge in [0, 0.05) is 30.3 Å². The predicted molar refractivity (Wildman–Crippen MR) is 159 cm³/mol. The van der Waals surface area contributed by atoms with Crippen LogP contribution in [0, 0.1) is 17.0 Å². The van der Waals surface area contributed by atoms with E-state index in [-0.39, 0.29) is 23.7 Å². The van der Waals surface area contributed by atoms with E-state index in [1.54, 1.807) is 25.1 Å². The number of alkyl halides is 3. The van der Waals surface area contributed by atoms with Crippen molar-refractivity contribution in [3.63, 3.8) is 0 Å². The van der Waals surface area contributed by atoms with Gasteiger partial charge in [-0.1, -0.05) is 36.4 Å². The Morgan fingerprint density at radius 1 is 0.932 bits per heavy atom. The highest BCUT2D eigenvalue weighted by Crippen LogP contribution is 2.45. The van der Waals surface area contributed by atoms with Gasteiger partial charge in [0.05, 0.1) is 18.7 Å². The summed E-state index contributed by atoms with van der Waals surface area (Å²) in [5.41, 5.74) is 1.99. The lowest BCUT2D eigenvalue weighted by Crippen LogP contribution is -2.47. The molecule has 0 aromatic heterocycles. The minimum atomic E-state index is -4.55. The van der Waals surface area contributed by atoms with E-state index in [1.165, 1.54) is 6.42 Å². The zero-order valence-corrected chi connectivity index (χ0v) is 24.9. The van der Waals surface area contributed by atoms with Gasteiger partial charge in [0.2, 0.25) is 0 Å². The van der Waals surface area contributed by atoms with E-state index >= 15 is 8.78 Å². The van der Waals surface area contributed by atoms with Crippen LogP contribution in [0.25, 0.3) is 0 Å². The molecule has 44 heavy (non-hydrogen) atoms. The first-order valence-electron chi connectivity index (χ1n) is 15.6. The highest BCUT2D eigenvalue weighted by Gasteiger charge is 2.43. The van der Waals surface area contributed by atoms with Gasteiger partial charge in [-0.15, -0.1) is 0 Å². The molecule has 1 unspecified atom stereocenters. The molecule has 2 atom stereocenters. The number of piperidine rings is 1. The number of hydrogen-bond acceptors (Lipinski definition) is 4. The SMILES string of the molecule is C[C@@H]1Cc2cc(OCc3ccccc3)ccc2C(c2c(F)cc(OC3CCC4(CCCNC4)CC3)cc2F)N1CC(F)(F)F. The molecule has 2 fully saturated rings. The Morgan fingerprint density at radius 3 is 2.32 bits per heavy atom. The first kappa shape index (κ1) is 30.8. The molecule has 9 heteroatoms. The minimum absolute atomic E-state index is 0.0718. The maximum Gasteiger partial charge on any atom is 0.401 e. The average Bonchev–Trinajstić information content (AvgIpc) is 2.99. The molecule has 236 valence electrons. The molecule has 0 bridgehead atoms. The monoisotopic (exact) mass is 614 g/mol. The molecule has 1 saturated heterocycles. The second-order valence-corrected chi connectivity index (χ2v) is 12.8. The Balaban J connectivity index is 1.26. The Kier molecular flexibility index (Phi) is 8.88. The lowest BCUT2D eigenvalue weighted by atomic mass is 9.69. The van der Waals surface area contributed by atoms with E-state index in [0.29, 0.717) is 23.5 Å². The van der Waals surface area contributed by atoms with Crippen LogP contribution in [0.5, 0.6) is 11.5 Å². The predicted octanol–water partition coefficient (Wildman–Crippen LogP) is 8.13. The van der Waals surface area contributed by atoms with Crippen LogP contribution in [0.3, 0.4) is 0 Å². The molecule has 2 aliphatic heterocycles. The number of ether oxygens (including phenoxy) is 2. The van der Waals surface area contributed by atoms with Crippen molar-refractivity contribution in [3.8, 4) is 11.5 Å². The van der Waals surface area contributed by atoms with E-state index in [9.17, 15) is 13.2 Å². The molecule has 1 N–H and O–H groups in total. The van der Waals surface area contributed by atoms with Crippen molar-refractivity contribution < 1.29 is 31.4 Å². The summed E-state index contributed by atoms with van der Waals surface area (Å²) < 4.78 is 85.2. The quantitative estimate of drug-likeness (QED) is 0.273. The van der Waals surface area contributed by atoms with Gasteiger partial charge in [0.1, 0.15) is 29.7 Å². The topological polar surface area (TPSA) is 33.7 Å². The third-order valence-electron chi connectivity index (χ3n) is 9.62. The molecule has 1 spiro atoms. The van der Waals surface area contributed by atoms with Crippen LogP contribution in [0.15, 0.2) is 60.7 Å². The lowest BCUT2D eigenvalue weighted by Gasteiger charge is -2.43. The molecule has 3 aliphatic rings. The first-order chi connectivity index (χ1) is 21.1. The zero-order valence-electron chi connectivity index (χ0n) is 24.9. The Labute approximate surface area is 255 Å². The van der Waals surface area contributed by atoms with E-state index in [2.05, 4.69) is 5.32 Å². The molecule has 0 amide bonds. The molecular formula is C35H39F5N2O2. The van der Waals surface area contributed by atoms with Gasteiger partial charge >= 0.3 is 6.18 Å². The zero-order chi connectivity index (χ0) is 30.9. The van der Waals surface area contributed by atoms with Crippen molar-refractivity contribution in [2.75, 3.05) is 19.6 Å². The van der Waals surface area contributed by atoms with Crippen LogP contribution in [0.2, 0.25) is 0 Å². The number of halogens is 5. The molecule has 6 rings (SSSR count). The van der Waals surface area contributed by atoms with Gasteiger partial charge in [-0.2, -0.15) is 13.2 Å². The third-order valence-corrected chi connectivity index (χ3v) is 9.62. The van der Waals surface area contributed by atoms with Crippen molar-refractivity contribution in [2.45, 2.75) is 82.8 Å². The minimum Gasteiger partial charge on any atom is -0.490 e. The summed E-state index contributed by atoms with van der Waals surface area (Å²) in [7, 11) is 0. The third kappa shape index (κ3) is 6.89. The van der Waals surface area contributed by atoms with E-state index in [4.69, 9.17) is 9.47 Å². The Morgan fingerprint density at radius 2 is 1.66 bits per heavy atom. The number of fused-ring (bicyclic) bond motifs is 1. The lowest BCUT2D eigenvalue weighted by molar-refractivity contribution is -0.155. The molecule has 4 nitrogen and oxygen atoms in total. The second kappa shape index (κ2) is 12.7. The van der Waals surface area contributed by atoms with E-state index in [1.807, 2.05) is 30.3 Å². The van der Waals surface area contributed by atoms with Gasteiger partial charge in [0.15, 0.2) is 0 Å². The highest BCUT2D eigenvalue weighted by atomic mass is 19.4. The molecular weight excluding hydrogens is 575 g/mol. The van der Waals surface area contributed by atoms with Gasteiger partial charge < -0.3 is 14.8 Å². The molecule has 1 saturated carbocycles. The van der Waals surface area contributed by atoms with Crippen molar-refractivity contribution in [2.24, 2.45) is 5.41 Å². The molecule has 3 aromatic carbocycles. The first-order valence-corrected chi connectivity index (χ1v) is 15.6. The Bertz CT molecular complexity index is 1410. The number of hydrogen-bond donors (Lipinski definition) is 1. The summed E-state index contributed by atoms with van der Waals surface area (Å²) in [5.74, 6) is -1.20. The molecule has 1 aliphatic carbocycles. The van der Waals surface area contributed by atoms with Crippen LogP contribution in [-0.4, -0.2) is 42.9 Å². The summed E-state index contributed by atoms with van der Waals surface area (Å²) >= 11 is 0. The van der Waals surface area contributed by atoms with Crippen LogP contribution < -0.4 is 14.8 Å². The summed E-state index contributed by atoms with van der Waals surface area (Å²) in [6.45, 7) is 2.72. The van der Waals surface area contributed by atoms with Crippen molar-refractivity contribution in [1.29, 1.82) is 0 Å². The van der Waals surface area contributed by atoms with Gasteiger partial charge in [-0.25, -0.2) is 8.78 Å². The summed E-state index contributed by atoms with van der Waals surface area (Å²) in [6, 6.07) is 15.0. The second-order valence-electron chi connectivity index (χ2n) is 12.8. The van der Waals surface area contributed by atoms with Crippen molar-refractivity contribution >= 4 is 0 Å². The largest absolute Gasteiger partial charge is 0.490 e. The van der Waals surface area contributed by atoms with Gasteiger partial charge in [-0.05, 0) is 92.7 Å². The van der Waals surface area contributed by atoms with E-state index < -0.39 is 42.0 Å². The fraction of sp³-hybridized carbons (Fsp3) is 0.486. The fourth-order valence-corrected chi connectivity index (χ4v) is 7.36. The van der Waals surface area contributed by atoms with E-state index in [0.717, 1.165) is 67.8 Å². The van der Waals surface area contributed by atoms with Crippen LogP contribution in [0.1, 0.15) is 73.7 Å². The molecule has 0 radical (unpaired) electrons. The number of nitrogens with zero attached hydrogens (tertiary/aromatic N) is 1. The van der Waals surface area contributed by atoms with Crippen molar-refractivity contribution in [3.05, 3.63) is 94.6 Å². The standard InChI is InChI=1S/C35H39F5N2O2/c1-23-16-25-17-27(43-20-24-6-3-2-4-7-24)8-9-29(25)33(42(23)22-35(38,39)40)32-30(36)18-28(19-31(32)37)44-26-10-13-34(14-11-26)12-5-15-41-21-34/h2-4,6-9,17-19,23,26,33,41H,5,10-16,20-22H2,1H3/t23-,26?,33?,34?/m1/s1. The smallest absolute Gasteiger partial charge is 0.401 e. The van der Waals surface area contributed by atoms with Crippen LogP contribution in [-0.2, 0) is 13.0 Å². The van der Waals surface area contributed by atoms with Crippen LogP contribution in [0.4, 0.5) is 22.0 Å². The number of benzene rings is 3. The fourth-order valence-electron chi connectivity index (χ4n) is 7.36. The summed E-state index contributed by atoms with van der Waals surface area (Å²) in [5, 5.41) is 3.48. The maximum absolute atomic E-state index is 15.9. The molecule has 2 heterocycles. The number of nitrogens with one attached hydrogen (secondary N) is 1. The summed E-state index contributed by atoms with van der Waals surface area (Å²) in [4.78, 5) is 1.15. The van der Waals surface area contributed by atoms with Gasteiger partial charge in [-0.3, -0.25) is 4.90 Å². The highest BCUT2D eigenvalue weighted by molar-refractivity contribution is 5.46. The Hall–Kier alpha value is -3.17. The van der Waals surface area contributed by atoms with Crippen LogP contribution >= 0.6 is 0 Å². The summed E-state index contributed by atoms with van der Waals surface area (Å²) in [6.07, 6.45) is 1.50. The van der Waals surface area contributed by atoms with Gasteiger partial charge in [0.25, 0.3) is 0 Å². The number of rotatable bonds is 7. The maximum atomic E-state index is 15.9. The average molecular weight is 615 g/mol. The normalized spacial score (nSPS) is 25.9. The van der Waals surface area contributed by atoms with Crippen molar-refractivity contribution in [1.82, 2.24) is 10.2 Å².